The highest BCUT2D eigenvalue weighted by Crippen LogP contribution is 2.26. The van der Waals surface area contributed by atoms with Crippen molar-refractivity contribution in [2.45, 2.75) is 18.9 Å². The van der Waals surface area contributed by atoms with Gasteiger partial charge in [-0.1, -0.05) is 12.1 Å². The van der Waals surface area contributed by atoms with Gasteiger partial charge in [-0.3, -0.25) is 9.59 Å². The van der Waals surface area contributed by atoms with E-state index in [1.165, 1.54) is 6.07 Å². The third-order valence-corrected chi connectivity index (χ3v) is 5.21. The van der Waals surface area contributed by atoms with Gasteiger partial charge < -0.3 is 19.5 Å². The van der Waals surface area contributed by atoms with E-state index in [1.54, 1.807) is 35.2 Å². The van der Waals surface area contributed by atoms with Crippen molar-refractivity contribution < 1.29 is 18.4 Å². The number of nitrogens with one attached hydrogen (secondary N) is 1. The van der Waals surface area contributed by atoms with Gasteiger partial charge >= 0.3 is 0 Å². The molecule has 6 nitrogen and oxygen atoms in total. The van der Waals surface area contributed by atoms with Crippen molar-refractivity contribution in [2.75, 3.05) is 32.7 Å². The van der Waals surface area contributed by atoms with E-state index >= 15 is 0 Å². The van der Waals surface area contributed by atoms with Crippen LogP contribution >= 0.6 is 12.4 Å². The van der Waals surface area contributed by atoms with Crippen LogP contribution in [-0.4, -0.2) is 60.4 Å². The fourth-order valence-electron chi connectivity index (χ4n) is 3.82. The lowest BCUT2D eigenvalue weighted by molar-refractivity contribution is -0.135. The number of hydrogen-bond acceptors (Lipinski definition) is 4. The van der Waals surface area contributed by atoms with Gasteiger partial charge in [0.15, 0.2) is 5.76 Å². The molecule has 2 amide bonds. The van der Waals surface area contributed by atoms with Crippen LogP contribution < -0.4 is 5.32 Å². The Morgan fingerprint density at radius 3 is 2.79 bits per heavy atom. The van der Waals surface area contributed by atoms with E-state index in [0.29, 0.717) is 37.5 Å². The van der Waals surface area contributed by atoms with Crippen LogP contribution in [0.3, 0.4) is 0 Å². The first-order valence-electron chi connectivity index (χ1n) is 9.27. The summed E-state index contributed by atoms with van der Waals surface area (Å²) in [6.45, 7) is 2.93. The maximum atomic E-state index is 13.9. The lowest BCUT2D eigenvalue weighted by Gasteiger charge is -2.40. The summed E-state index contributed by atoms with van der Waals surface area (Å²) in [7, 11) is 0. The third kappa shape index (κ3) is 4.05. The average Bonchev–Trinajstić information content (AvgIpc) is 3.18. The van der Waals surface area contributed by atoms with Gasteiger partial charge in [-0.2, -0.15) is 0 Å². The van der Waals surface area contributed by atoms with E-state index in [-0.39, 0.29) is 41.8 Å². The highest BCUT2D eigenvalue weighted by Gasteiger charge is 2.32. The standard InChI is InChI=1S/C20H22FN3O3.ClH/c21-16-6-2-1-5-15(16)17-7-8-18(27-17)20(26)23-10-3-4-14(13-23)24-11-9-22-12-19(24)25;/h1-2,5-8,14,22H,3-4,9-13H2;1H. The summed E-state index contributed by atoms with van der Waals surface area (Å²) in [4.78, 5) is 28.6. The molecule has 2 fully saturated rings. The normalized spacial score (nSPS) is 20.0. The number of piperazine rings is 1. The van der Waals surface area contributed by atoms with E-state index in [1.807, 2.05) is 4.90 Å². The highest BCUT2D eigenvalue weighted by atomic mass is 35.5. The molecule has 2 aliphatic heterocycles. The Hall–Kier alpha value is -2.38. The lowest BCUT2D eigenvalue weighted by atomic mass is 10.0. The molecule has 0 bridgehead atoms. The molecule has 150 valence electrons. The van der Waals surface area contributed by atoms with Crippen molar-refractivity contribution in [3.63, 3.8) is 0 Å². The van der Waals surface area contributed by atoms with Crippen molar-refractivity contribution in [3.05, 3.63) is 48.0 Å². The number of likely N-dealkylation sites (tertiary alicyclic amines) is 1. The fourth-order valence-corrected chi connectivity index (χ4v) is 3.82. The molecule has 0 aliphatic carbocycles. The highest BCUT2D eigenvalue weighted by molar-refractivity contribution is 5.92. The summed E-state index contributed by atoms with van der Waals surface area (Å²) in [5.41, 5.74) is 0.333. The number of piperidine rings is 1. The number of carbonyl (C=O) groups excluding carboxylic acids is 2. The van der Waals surface area contributed by atoms with Crippen LogP contribution in [0.2, 0.25) is 0 Å². The molecule has 2 saturated heterocycles. The van der Waals surface area contributed by atoms with Crippen LogP contribution in [0.1, 0.15) is 23.4 Å². The van der Waals surface area contributed by atoms with E-state index < -0.39 is 0 Å². The van der Waals surface area contributed by atoms with Crippen LogP contribution in [0.25, 0.3) is 11.3 Å². The predicted molar refractivity (Wildman–Crippen MR) is 105 cm³/mol. The van der Waals surface area contributed by atoms with Gasteiger partial charge in [0, 0.05) is 32.2 Å². The van der Waals surface area contributed by atoms with Gasteiger partial charge in [-0.25, -0.2) is 4.39 Å². The van der Waals surface area contributed by atoms with E-state index in [4.69, 9.17) is 4.42 Å². The van der Waals surface area contributed by atoms with Crippen LogP contribution in [0, 0.1) is 5.82 Å². The van der Waals surface area contributed by atoms with Gasteiger partial charge in [-0.05, 0) is 37.1 Å². The van der Waals surface area contributed by atoms with Gasteiger partial charge in [0.25, 0.3) is 5.91 Å². The SMILES string of the molecule is Cl.O=C(c1ccc(-c2ccccc2F)o1)N1CCCC(N2CCNCC2=O)C1. The largest absolute Gasteiger partial charge is 0.451 e. The van der Waals surface area contributed by atoms with Crippen molar-refractivity contribution in [1.82, 2.24) is 15.1 Å². The molecule has 0 radical (unpaired) electrons. The van der Waals surface area contributed by atoms with Crippen molar-refractivity contribution in [1.29, 1.82) is 0 Å². The number of halogens is 2. The van der Waals surface area contributed by atoms with Gasteiger partial charge in [0.1, 0.15) is 11.6 Å². The van der Waals surface area contributed by atoms with Crippen molar-refractivity contribution >= 4 is 24.2 Å². The number of benzene rings is 1. The number of hydrogen-bond donors (Lipinski definition) is 1. The van der Waals surface area contributed by atoms with Crippen molar-refractivity contribution in [3.8, 4) is 11.3 Å². The summed E-state index contributed by atoms with van der Waals surface area (Å²) in [5, 5.41) is 3.07. The molecule has 0 spiro atoms. The zero-order valence-electron chi connectivity index (χ0n) is 15.4. The maximum Gasteiger partial charge on any atom is 0.289 e. The second-order valence-electron chi connectivity index (χ2n) is 6.95. The third-order valence-electron chi connectivity index (χ3n) is 5.21. The molecule has 1 aromatic heterocycles. The summed E-state index contributed by atoms with van der Waals surface area (Å²) in [6.07, 6.45) is 1.74. The minimum atomic E-state index is -0.388. The maximum absolute atomic E-state index is 13.9. The zero-order valence-corrected chi connectivity index (χ0v) is 16.2. The van der Waals surface area contributed by atoms with E-state index in [0.717, 1.165) is 19.4 Å². The number of amides is 2. The van der Waals surface area contributed by atoms with Crippen LogP contribution in [-0.2, 0) is 4.79 Å². The lowest BCUT2D eigenvalue weighted by Crippen LogP contribution is -2.57. The minimum Gasteiger partial charge on any atom is -0.451 e. The van der Waals surface area contributed by atoms with Crippen LogP contribution in [0.15, 0.2) is 40.8 Å². The molecular formula is C20H23ClFN3O3. The molecule has 28 heavy (non-hydrogen) atoms. The topological polar surface area (TPSA) is 65.8 Å². The molecule has 0 saturated carbocycles. The summed E-state index contributed by atoms with van der Waals surface area (Å²) in [5.74, 6) is 0.00852. The number of furan rings is 1. The average molecular weight is 408 g/mol. The number of rotatable bonds is 3. The second kappa shape index (κ2) is 8.75. The monoisotopic (exact) mass is 407 g/mol. The predicted octanol–water partition coefficient (Wildman–Crippen LogP) is 2.54. The quantitative estimate of drug-likeness (QED) is 0.849. The van der Waals surface area contributed by atoms with Crippen LogP contribution in [0.5, 0.6) is 0 Å². The Labute approximate surface area is 169 Å². The molecule has 1 unspecified atom stereocenters. The molecule has 2 aromatic rings. The Bertz CT molecular complexity index is 857. The second-order valence-corrected chi connectivity index (χ2v) is 6.95. The molecular weight excluding hydrogens is 385 g/mol. The first kappa shape index (κ1) is 20.4. The number of carbonyl (C=O) groups is 2. The molecule has 1 N–H and O–H groups in total. The van der Waals surface area contributed by atoms with Gasteiger partial charge in [-0.15, -0.1) is 12.4 Å². The van der Waals surface area contributed by atoms with E-state index in [2.05, 4.69) is 5.32 Å². The summed E-state index contributed by atoms with van der Waals surface area (Å²) in [6, 6.07) is 9.56. The van der Waals surface area contributed by atoms with Crippen molar-refractivity contribution in [2.24, 2.45) is 0 Å². The molecule has 1 atom stereocenters. The summed E-state index contributed by atoms with van der Waals surface area (Å²) >= 11 is 0. The Kier molecular flexibility index (Phi) is 6.36. The van der Waals surface area contributed by atoms with E-state index in [9.17, 15) is 14.0 Å². The fraction of sp³-hybridized carbons (Fsp3) is 0.400. The number of nitrogens with zero attached hydrogens (tertiary/aromatic N) is 2. The molecule has 2 aliphatic rings. The first-order chi connectivity index (χ1) is 13.1. The Morgan fingerprint density at radius 1 is 1.18 bits per heavy atom. The van der Waals surface area contributed by atoms with Gasteiger partial charge in [0.05, 0.1) is 12.1 Å². The summed E-state index contributed by atoms with van der Waals surface area (Å²) < 4.78 is 19.6. The smallest absolute Gasteiger partial charge is 0.289 e. The van der Waals surface area contributed by atoms with Gasteiger partial charge in [0.2, 0.25) is 5.91 Å². The molecule has 3 heterocycles. The Balaban J connectivity index is 0.00000225. The Morgan fingerprint density at radius 2 is 2.00 bits per heavy atom. The molecule has 1 aromatic carbocycles. The minimum absolute atomic E-state index is 0. The molecule has 8 heteroatoms. The zero-order chi connectivity index (χ0) is 18.8. The van der Waals surface area contributed by atoms with Crippen LogP contribution in [0.4, 0.5) is 4.39 Å². The first-order valence-corrected chi connectivity index (χ1v) is 9.27. The molecule has 4 rings (SSSR count).